The lowest BCUT2D eigenvalue weighted by Crippen LogP contribution is -2.33. The molecule has 2 aromatic heterocycles. The van der Waals surface area contributed by atoms with Gasteiger partial charge in [0.15, 0.2) is 0 Å². The third-order valence-electron chi connectivity index (χ3n) is 6.48. The number of hydrogen-bond acceptors (Lipinski definition) is 3. The molecule has 1 N–H and O–H groups in total. The molecule has 3 aromatic rings. The highest BCUT2D eigenvalue weighted by Crippen LogP contribution is 2.32. The molecule has 0 bridgehead atoms. The molecule has 1 aromatic carbocycles. The van der Waals surface area contributed by atoms with Gasteiger partial charge < -0.3 is 14.8 Å². The summed E-state index contributed by atoms with van der Waals surface area (Å²) in [6.45, 7) is 9.20. The first-order valence-electron chi connectivity index (χ1n) is 11.0. The van der Waals surface area contributed by atoms with Gasteiger partial charge in [-0.3, -0.25) is 9.78 Å². The Bertz CT molecular complexity index is 1120. The number of fused-ring (bicyclic) bond motifs is 1. The molecule has 1 amide bonds. The van der Waals surface area contributed by atoms with Crippen molar-refractivity contribution in [2.75, 3.05) is 13.6 Å². The Kier molecular flexibility index (Phi) is 5.84. The van der Waals surface area contributed by atoms with Gasteiger partial charge in [0, 0.05) is 36.9 Å². The van der Waals surface area contributed by atoms with Crippen molar-refractivity contribution in [2.24, 2.45) is 5.92 Å². The van der Waals surface area contributed by atoms with E-state index in [4.69, 9.17) is 0 Å². The molecule has 1 aliphatic rings. The lowest BCUT2D eigenvalue weighted by atomic mass is 9.96. The summed E-state index contributed by atoms with van der Waals surface area (Å²) in [4.78, 5) is 19.2. The second kappa shape index (κ2) is 8.42. The van der Waals surface area contributed by atoms with Crippen LogP contribution in [0.25, 0.3) is 16.6 Å². The van der Waals surface area contributed by atoms with Crippen LogP contribution in [0.2, 0.25) is 0 Å². The number of halogens is 1. The largest absolute Gasteiger partial charge is 0.339 e. The summed E-state index contributed by atoms with van der Waals surface area (Å²) in [7, 11) is 1.75. The van der Waals surface area contributed by atoms with Crippen LogP contribution in [-0.4, -0.2) is 46.0 Å². The fourth-order valence-electron chi connectivity index (χ4n) is 4.61. The van der Waals surface area contributed by atoms with Crippen LogP contribution in [0.4, 0.5) is 4.39 Å². The molecule has 3 heterocycles. The van der Waals surface area contributed by atoms with E-state index in [0.29, 0.717) is 23.2 Å². The maximum Gasteiger partial charge on any atom is 0.256 e. The molecule has 1 aliphatic heterocycles. The molecular weight excluding hydrogens is 391 g/mol. The Morgan fingerprint density at radius 3 is 2.81 bits per heavy atom. The number of pyridine rings is 1. The molecule has 0 radical (unpaired) electrons. The van der Waals surface area contributed by atoms with E-state index in [1.54, 1.807) is 18.0 Å². The zero-order chi connectivity index (χ0) is 22.3. The van der Waals surface area contributed by atoms with Crippen LogP contribution in [0.15, 0.2) is 36.8 Å². The lowest BCUT2D eigenvalue weighted by Gasteiger charge is -2.23. The van der Waals surface area contributed by atoms with Crippen molar-refractivity contribution in [1.29, 1.82) is 0 Å². The fraction of sp³-hybridized carbons (Fsp3) is 0.440. The maximum absolute atomic E-state index is 14.2. The van der Waals surface area contributed by atoms with Gasteiger partial charge in [-0.1, -0.05) is 0 Å². The van der Waals surface area contributed by atoms with Gasteiger partial charge in [-0.2, -0.15) is 0 Å². The van der Waals surface area contributed by atoms with Crippen molar-refractivity contribution < 1.29 is 9.18 Å². The number of carbonyl (C=O) groups is 1. The van der Waals surface area contributed by atoms with E-state index in [0.717, 1.165) is 30.5 Å². The number of rotatable bonds is 5. The summed E-state index contributed by atoms with van der Waals surface area (Å²) in [5.74, 6) is -0.0356. The van der Waals surface area contributed by atoms with Crippen LogP contribution in [-0.2, 0) is 6.42 Å². The normalized spacial score (nSPS) is 18.8. The van der Waals surface area contributed by atoms with Gasteiger partial charge in [0.2, 0.25) is 0 Å². The Morgan fingerprint density at radius 2 is 2.13 bits per heavy atom. The molecule has 1 fully saturated rings. The van der Waals surface area contributed by atoms with Gasteiger partial charge in [-0.25, -0.2) is 4.39 Å². The number of aromatic nitrogens is 2. The number of hydrogen-bond donors (Lipinski definition) is 1. The van der Waals surface area contributed by atoms with E-state index in [1.165, 1.54) is 23.1 Å². The van der Waals surface area contributed by atoms with E-state index >= 15 is 0 Å². The first-order valence-corrected chi connectivity index (χ1v) is 11.0. The smallest absolute Gasteiger partial charge is 0.256 e. The standard InChI is InChI=1S/C25H31FN4O/c1-15(2)29(5)25(31)21-10-20(26)6-7-22(21)30-14-19(9-18-8-17(4)28-12-18)24-16(3)11-27-13-23(24)30/h6-7,10-11,13-15,17-18,28H,8-9,12H2,1-5H3/t17-,18+/m0/s1. The minimum absolute atomic E-state index is 0.0151. The van der Waals surface area contributed by atoms with Crippen molar-refractivity contribution >= 4 is 16.8 Å². The van der Waals surface area contributed by atoms with E-state index in [-0.39, 0.29) is 11.9 Å². The van der Waals surface area contributed by atoms with Crippen molar-refractivity contribution in [2.45, 2.75) is 52.6 Å². The summed E-state index contributed by atoms with van der Waals surface area (Å²) in [5, 5.41) is 4.71. The molecule has 6 heteroatoms. The van der Waals surface area contributed by atoms with Gasteiger partial charge in [0.25, 0.3) is 5.91 Å². The van der Waals surface area contributed by atoms with Gasteiger partial charge in [-0.05, 0) is 82.3 Å². The minimum atomic E-state index is -0.415. The number of amides is 1. The molecule has 4 rings (SSSR count). The van der Waals surface area contributed by atoms with E-state index < -0.39 is 5.82 Å². The highest BCUT2D eigenvalue weighted by molar-refractivity contribution is 5.99. The van der Waals surface area contributed by atoms with Crippen molar-refractivity contribution in [1.82, 2.24) is 19.8 Å². The van der Waals surface area contributed by atoms with Crippen molar-refractivity contribution in [3.63, 3.8) is 0 Å². The lowest BCUT2D eigenvalue weighted by molar-refractivity contribution is 0.0754. The SMILES string of the molecule is Cc1cncc2c1c(C[C@@H]1CN[C@@H](C)C1)cn2-c1ccc(F)cc1C(=O)N(C)C(C)C. The molecule has 5 nitrogen and oxygen atoms in total. The average Bonchev–Trinajstić information content (AvgIpc) is 3.31. The quantitative estimate of drug-likeness (QED) is 0.659. The Morgan fingerprint density at radius 1 is 1.35 bits per heavy atom. The van der Waals surface area contributed by atoms with Crippen LogP contribution in [0.1, 0.15) is 48.7 Å². The highest BCUT2D eigenvalue weighted by atomic mass is 19.1. The first kappa shape index (κ1) is 21.5. The van der Waals surface area contributed by atoms with Crippen LogP contribution >= 0.6 is 0 Å². The second-order valence-electron chi connectivity index (χ2n) is 9.16. The molecule has 164 valence electrons. The molecule has 0 saturated carbocycles. The summed E-state index contributed by atoms with van der Waals surface area (Å²) < 4.78 is 16.2. The zero-order valence-corrected chi connectivity index (χ0v) is 18.9. The van der Waals surface area contributed by atoms with E-state index in [1.807, 2.05) is 30.8 Å². The van der Waals surface area contributed by atoms with Gasteiger partial charge >= 0.3 is 0 Å². The molecule has 2 atom stereocenters. The van der Waals surface area contributed by atoms with E-state index in [2.05, 4.69) is 30.3 Å². The Balaban J connectivity index is 1.86. The number of nitrogens with one attached hydrogen (secondary N) is 1. The van der Waals surface area contributed by atoms with E-state index in [9.17, 15) is 9.18 Å². The van der Waals surface area contributed by atoms with Crippen LogP contribution in [0.3, 0.4) is 0 Å². The van der Waals surface area contributed by atoms with Crippen LogP contribution in [0.5, 0.6) is 0 Å². The predicted molar refractivity (Wildman–Crippen MR) is 122 cm³/mol. The summed E-state index contributed by atoms with van der Waals surface area (Å²) in [6, 6.07) is 5.00. The maximum atomic E-state index is 14.2. The number of aryl methyl sites for hydroxylation is 1. The predicted octanol–water partition coefficient (Wildman–Crippen LogP) is 4.49. The summed E-state index contributed by atoms with van der Waals surface area (Å²) >= 11 is 0. The number of benzene rings is 1. The molecular formula is C25H31FN4O. The number of carbonyl (C=O) groups excluding carboxylic acids is 1. The Hall–Kier alpha value is -2.73. The molecule has 0 aliphatic carbocycles. The molecule has 0 spiro atoms. The molecule has 1 saturated heterocycles. The van der Waals surface area contributed by atoms with Crippen molar-refractivity contribution in [3.05, 3.63) is 59.3 Å². The Labute approximate surface area is 183 Å². The fourth-order valence-corrected chi connectivity index (χ4v) is 4.61. The molecule has 31 heavy (non-hydrogen) atoms. The van der Waals surface area contributed by atoms with Gasteiger partial charge in [-0.15, -0.1) is 0 Å². The summed E-state index contributed by atoms with van der Waals surface area (Å²) in [5.41, 5.74) is 4.34. The van der Waals surface area contributed by atoms with Crippen LogP contribution in [0, 0.1) is 18.7 Å². The number of nitrogens with zero attached hydrogens (tertiary/aromatic N) is 3. The van der Waals surface area contributed by atoms with Crippen molar-refractivity contribution in [3.8, 4) is 5.69 Å². The third kappa shape index (κ3) is 4.09. The third-order valence-corrected chi connectivity index (χ3v) is 6.48. The first-order chi connectivity index (χ1) is 14.8. The average molecular weight is 423 g/mol. The van der Waals surface area contributed by atoms with Gasteiger partial charge in [0.1, 0.15) is 5.82 Å². The van der Waals surface area contributed by atoms with Gasteiger partial charge in [0.05, 0.1) is 23.0 Å². The monoisotopic (exact) mass is 422 g/mol. The highest BCUT2D eigenvalue weighted by Gasteiger charge is 2.25. The summed E-state index contributed by atoms with van der Waals surface area (Å²) in [6.07, 6.45) is 7.94. The molecule has 0 unspecified atom stereocenters. The minimum Gasteiger partial charge on any atom is -0.339 e. The topological polar surface area (TPSA) is 50.2 Å². The van der Waals surface area contributed by atoms with Crippen LogP contribution < -0.4 is 5.32 Å². The second-order valence-corrected chi connectivity index (χ2v) is 9.16. The zero-order valence-electron chi connectivity index (χ0n) is 18.9.